The van der Waals surface area contributed by atoms with Gasteiger partial charge in [-0.2, -0.15) is 5.10 Å². The summed E-state index contributed by atoms with van der Waals surface area (Å²) in [6, 6.07) is 15.2. The molecule has 0 saturated heterocycles. The zero-order valence-electron chi connectivity index (χ0n) is 24.3. The van der Waals surface area contributed by atoms with E-state index in [0.717, 1.165) is 27.9 Å². The van der Waals surface area contributed by atoms with Crippen LogP contribution in [0.2, 0.25) is 5.02 Å². The number of imidazole rings is 1. The van der Waals surface area contributed by atoms with Gasteiger partial charge in [0.05, 0.1) is 18.2 Å². The molecule has 3 heterocycles. The minimum Gasteiger partial charge on any atom is -0.350 e. The number of aromatic amines is 1. The van der Waals surface area contributed by atoms with Gasteiger partial charge in [-0.3, -0.25) is 19.1 Å². The lowest BCUT2D eigenvalue weighted by molar-refractivity contribution is -0.118. The standard InChI is InChI=1S/C32H32ClN7O3/c1-19(2)40-17-23(8-12-29(40)41)22-7-11-26(33)24(13-22)14-27(38-32(43)28-16-34-18-35-28)31(42)37-25-9-5-21(6-10-25)30-20(3)15-36-39(30)4/h5-13,15-19,27H,14H2,1-4H3,(H,34,35)(H,37,42)(H,38,43). The minimum atomic E-state index is -0.972. The molecule has 0 fully saturated rings. The van der Waals surface area contributed by atoms with Crippen LogP contribution in [0.3, 0.4) is 0 Å². The number of aromatic nitrogens is 5. The van der Waals surface area contributed by atoms with E-state index in [1.165, 1.54) is 18.6 Å². The summed E-state index contributed by atoms with van der Waals surface area (Å²) >= 11 is 6.60. The molecule has 220 valence electrons. The number of nitrogens with one attached hydrogen (secondary N) is 3. The maximum Gasteiger partial charge on any atom is 0.272 e. The average molecular weight is 598 g/mol. The van der Waals surface area contributed by atoms with Crippen LogP contribution in [-0.4, -0.2) is 42.2 Å². The summed E-state index contributed by atoms with van der Waals surface area (Å²) in [4.78, 5) is 45.6. The van der Waals surface area contributed by atoms with Crippen LogP contribution in [0.1, 0.15) is 41.5 Å². The van der Waals surface area contributed by atoms with Crippen molar-refractivity contribution in [1.82, 2.24) is 29.6 Å². The Morgan fingerprint density at radius 3 is 2.40 bits per heavy atom. The summed E-state index contributed by atoms with van der Waals surface area (Å²) in [5.41, 5.74) is 5.95. The predicted octanol–water partition coefficient (Wildman–Crippen LogP) is 5.16. The van der Waals surface area contributed by atoms with Crippen LogP contribution in [0.25, 0.3) is 22.4 Å². The van der Waals surface area contributed by atoms with Gasteiger partial charge in [0.25, 0.3) is 11.5 Å². The first-order chi connectivity index (χ1) is 20.6. The van der Waals surface area contributed by atoms with Crippen molar-refractivity contribution in [2.45, 2.75) is 39.3 Å². The molecule has 1 atom stereocenters. The molecule has 43 heavy (non-hydrogen) atoms. The number of aryl methyl sites for hydroxylation is 2. The molecule has 0 aliphatic carbocycles. The van der Waals surface area contributed by atoms with E-state index in [0.29, 0.717) is 16.3 Å². The highest BCUT2D eigenvalue weighted by Gasteiger charge is 2.24. The molecule has 5 aromatic rings. The number of anilines is 1. The molecule has 0 bridgehead atoms. The molecular formula is C32H32ClN7O3. The number of carbonyl (C=O) groups is 2. The molecule has 0 spiro atoms. The topological polar surface area (TPSA) is 127 Å². The number of rotatable bonds is 9. The van der Waals surface area contributed by atoms with Crippen LogP contribution in [0, 0.1) is 6.92 Å². The fraction of sp³-hybridized carbons (Fsp3) is 0.219. The number of carbonyl (C=O) groups excluding carboxylic acids is 2. The summed E-state index contributed by atoms with van der Waals surface area (Å²) in [7, 11) is 1.88. The van der Waals surface area contributed by atoms with Crippen molar-refractivity contribution in [2.24, 2.45) is 7.05 Å². The third kappa shape index (κ3) is 6.60. The maximum absolute atomic E-state index is 13.6. The van der Waals surface area contributed by atoms with Gasteiger partial charge < -0.3 is 20.2 Å². The number of H-pyrrole nitrogens is 1. The largest absolute Gasteiger partial charge is 0.350 e. The zero-order valence-corrected chi connectivity index (χ0v) is 25.0. The zero-order chi connectivity index (χ0) is 30.7. The molecular weight excluding hydrogens is 566 g/mol. The number of hydrogen-bond donors (Lipinski definition) is 3. The van der Waals surface area contributed by atoms with E-state index in [-0.39, 0.29) is 23.7 Å². The number of benzene rings is 2. The molecule has 0 radical (unpaired) electrons. The Labute approximate surface area is 253 Å². The lowest BCUT2D eigenvalue weighted by Crippen LogP contribution is -2.45. The fourth-order valence-electron chi connectivity index (χ4n) is 4.94. The van der Waals surface area contributed by atoms with Crippen molar-refractivity contribution >= 4 is 29.1 Å². The van der Waals surface area contributed by atoms with Crippen molar-refractivity contribution in [2.75, 3.05) is 5.32 Å². The van der Waals surface area contributed by atoms with Crippen LogP contribution in [-0.2, 0) is 18.3 Å². The van der Waals surface area contributed by atoms with Gasteiger partial charge in [-0.25, -0.2) is 4.98 Å². The predicted molar refractivity (Wildman–Crippen MR) is 167 cm³/mol. The van der Waals surface area contributed by atoms with Crippen LogP contribution in [0.15, 0.2) is 84.3 Å². The van der Waals surface area contributed by atoms with Gasteiger partial charge in [0.15, 0.2) is 0 Å². The first-order valence-corrected chi connectivity index (χ1v) is 14.2. The summed E-state index contributed by atoms with van der Waals surface area (Å²) in [6.07, 6.45) is 6.58. The van der Waals surface area contributed by atoms with Crippen LogP contribution in [0.4, 0.5) is 5.69 Å². The van der Waals surface area contributed by atoms with Crippen molar-refractivity contribution in [1.29, 1.82) is 0 Å². The molecule has 3 N–H and O–H groups in total. The van der Waals surface area contributed by atoms with E-state index in [2.05, 4.69) is 25.7 Å². The van der Waals surface area contributed by atoms with Gasteiger partial charge in [-0.05, 0) is 73.4 Å². The van der Waals surface area contributed by atoms with Gasteiger partial charge in [-0.1, -0.05) is 29.8 Å². The summed E-state index contributed by atoms with van der Waals surface area (Å²) in [6.45, 7) is 5.88. The first kappa shape index (κ1) is 29.5. The van der Waals surface area contributed by atoms with Gasteiger partial charge in [0.1, 0.15) is 11.7 Å². The molecule has 0 saturated carbocycles. The van der Waals surface area contributed by atoms with Gasteiger partial charge in [0.2, 0.25) is 5.91 Å². The molecule has 2 aromatic carbocycles. The summed E-state index contributed by atoms with van der Waals surface area (Å²) < 4.78 is 3.46. The van der Waals surface area contributed by atoms with Crippen molar-refractivity contribution in [3.8, 4) is 22.4 Å². The summed E-state index contributed by atoms with van der Waals surface area (Å²) in [5.74, 6) is -0.914. The number of nitrogens with zero attached hydrogens (tertiary/aromatic N) is 4. The van der Waals surface area contributed by atoms with E-state index < -0.39 is 17.9 Å². The second-order valence-electron chi connectivity index (χ2n) is 10.6. The Balaban J connectivity index is 1.42. The van der Waals surface area contributed by atoms with E-state index in [4.69, 9.17) is 11.6 Å². The van der Waals surface area contributed by atoms with Gasteiger partial charge in [0, 0.05) is 54.2 Å². The van der Waals surface area contributed by atoms with E-state index in [9.17, 15) is 14.4 Å². The Kier molecular flexibility index (Phi) is 8.58. The molecule has 5 rings (SSSR count). The number of hydrogen-bond acceptors (Lipinski definition) is 5. The molecule has 2 amide bonds. The SMILES string of the molecule is Cc1cnn(C)c1-c1ccc(NC(=O)C(Cc2cc(-c3ccc(=O)n(C(C)C)c3)ccc2Cl)NC(=O)c2c[nH]cn2)cc1. The Morgan fingerprint density at radius 1 is 1.02 bits per heavy atom. The quantitative estimate of drug-likeness (QED) is 0.216. The molecule has 0 aliphatic heterocycles. The highest BCUT2D eigenvalue weighted by Crippen LogP contribution is 2.27. The average Bonchev–Trinajstić information content (AvgIpc) is 3.64. The van der Waals surface area contributed by atoms with Crippen LogP contribution in [0.5, 0.6) is 0 Å². The van der Waals surface area contributed by atoms with E-state index in [1.54, 1.807) is 33.8 Å². The smallest absolute Gasteiger partial charge is 0.272 e. The molecule has 3 aromatic heterocycles. The molecule has 11 heteroatoms. The van der Waals surface area contributed by atoms with E-state index >= 15 is 0 Å². The van der Waals surface area contributed by atoms with Crippen LogP contribution < -0.4 is 16.2 Å². The third-order valence-electron chi connectivity index (χ3n) is 7.20. The lowest BCUT2D eigenvalue weighted by Gasteiger charge is -2.20. The third-order valence-corrected chi connectivity index (χ3v) is 7.57. The Bertz CT molecular complexity index is 1800. The number of pyridine rings is 1. The molecule has 1 unspecified atom stereocenters. The fourth-order valence-corrected chi connectivity index (χ4v) is 5.13. The normalized spacial score (nSPS) is 11.9. The highest BCUT2D eigenvalue weighted by atomic mass is 35.5. The number of amides is 2. The Morgan fingerprint density at radius 2 is 1.74 bits per heavy atom. The summed E-state index contributed by atoms with van der Waals surface area (Å²) in [5, 5.41) is 10.5. The van der Waals surface area contributed by atoms with Crippen molar-refractivity contribution < 1.29 is 9.59 Å². The first-order valence-electron chi connectivity index (χ1n) is 13.8. The molecule has 0 aliphatic rings. The highest BCUT2D eigenvalue weighted by molar-refractivity contribution is 6.31. The second-order valence-corrected chi connectivity index (χ2v) is 11.0. The van der Waals surface area contributed by atoms with Crippen LogP contribution >= 0.6 is 11.6 Å². The second kappa shape index (κ2) is 12.5. The molecule has 10 nitrogen and oxygen atoms in total. The van der Waals surface area contributed by atoms with Gasteiger partial charge in [-0.15, -0.1) is 0 Å². The minimum absolute atomic E-state index is 0.00762. The maximum atomic E-state index is 13.6. The lowest BCUT2D eigenvalue weighted by atomic mass is 9.99. The van der Waals surface area contributed by atoms with Crippen molar-refractivity contribution in [3.05, 3.63) is 112 Å². The van der Waals surface area contributed by atoms with Gasteiger partial charge >= 0.3 is 0 Å². The number of halogens is 1. The Hall–Kier alpha value is -4.96. The van der Waals surface area contributed by atoms with E-state index in [1.807, 2.05) is 64.2 Å². The van der Waals surface area contributed by atoms with Crippen molar-refractivity contribution in [3.63, 3.8) is 0 Å². The monoisotopic (exact) mass is 597 g/mol.